The topological polar surface area (TPSA) is 79.9 Å². The van der Waals surface area contributed by atoms with E-state index in [2.05, 4.69) is 15.5 Å². The third-order valence-electron chi connectivity index (χ3n) is 5.13. The lowest BCUT2D eigenvalue weighted by molar-refractivity contribution is -0.158. The minimum absolute atomic E-state index is 0.0417. The molecule has 0 saturated carbocycles. The largest absolute Gasteiger partial charge is 0.480 e. The van der Waals surface area contributed by atoms with E-state index in [-0.39, 0.29) is 23.0 Å². The number of hydrogen-bond donors (Lipinski definition) is 2. The summed E-state index contributed by atoms with van der Waals surface area (Å²) in [4.78, 5) is 27.2. The summed E-state index contributed by atoms with van der Waals surface area (Å²) in [6.45, 7) is 4.23. The molecule has 2 atom stereocenters. The Morgan fingerprint density at radius 3 is 2.58 bits per heavy atom. The lowest BCUT2D eigenvalue weighted by Crippen LogP contribution is -2.49. The number of anilines is 2. The molecule has 10 heteroatoms. The van der Waals surface area contributed by atoms with Crippen molar-refractivity contribution in [2.75, 3.05) is 37.0 Å². The van der Waals surface area contributed by atoms with Crippen LogP contribution in [0.3, 0.4) is 0 Å². The molecule has 0 bridgehead atoms. The van der Waals surface area contributed by atoms with Crippen LogP contribution in [0.15, 0.2) is 48.5 Å². The number of methoxy groups -OCH3 is 1. The number of carbonyl (C=O) groups excluding carboxylic acids is 2. The summed E-state index contributed by atoms with van der Waals surface area (Å²) in [7, 11) is 1.19. The Balaban J connectivity index is 1.85. The third kappa shape index (κ3) is 6.85. The van der Waals surface area contributed by atoms with Crippen LogP contribution < -0.4 is 20.3 Å². The van der Waals surface area contributed by atoms with Crippen LogP contribution in [0.25, 0.3) is 0 Å². The maximum atomic E-state index is 13.1. The number of rotatable bonds is 7. The van der Waals surface area contributed by atoms with Gasteiger partial charge in [-0.2, -0.15) is 13.2 Å². The molecule has 1 aliphatic rings. The second-order valence-corrected chi connectivity index (χ2v) is 7.75. The Hall–Kier alpha value is -3.27. The Morgan fingerprint density at radius 2 is 1.94 bits per heavy atom. The van der Waals surface area contributed by atoms with E-state index in [9.17, 15) is 22.8 Å². The van der Waals surface area contributed by atoms with Crippen molar-refractivity contribution in [3.63, 3.8) is 0 Å². The van der Waals surface area contributed by atoms with Gasteiger partial charge in [0.2, 0.25) is 0 Å². The van der Waals surface area contributed by atoms with Crippen LogP contribution in [-0.2, 0) is 9.53 Å². The second kappa shape index (κ2) is 10.6. The van der Waals surface area contributed by atoms with Crippen molar-refractivity contribution >= 4 is 23.3 Å². The average Bonchev–Trinajstić information content (AvgIpc) is 2.78. The highest BCUT2D eigenvalue weighted by Gasteiger charge is 2.37. The van der Waals surface area contributed by atoms with Gasteiger partial charge in [-0.3, -0.25) is 4.79 Å². The maximum Gasteiger partial charge on any atom is 0.393 e. The molecule has 3 rings (SSSR count). The molecule has 2 aromatic rings. The van der Waals surface area contributed by atoms with Gasteiger partial charge in [-0.1, -0.05) is 18.2 Å². The van der Waals surface area contributed by atoms with Crippen molar-refractivity contribution in [1.29, 1.82) is 0 Å². The number of nitrogens with zero attached hydrogens (tertiary/aromatic N) is 1. The van der Waals surface area contributed by atoms with Crippen LogP contribution in [0.5, 0.6) is 5.75 Å². The van der Waals surface area contributed by atoms with Crippen LogP contribution in [0, 0.1) is 0 Å². The first-order valence-corrected chi connectivity index (χ1v) is 10.5. The van der Waals surface area contributed by atoms with Gasteiger partial charge in [0.05, 0.1) is 24.8 Å². The van der Waals surface area contributed by atoms with Crippen molar-refractivity contribution in [1.82, 2.24) is 5.32 Å². The molecule has 7 nitrogen and oxygen atoms in total. The van der Waals surface area contributed by atoms with E-state index < -0.39 is 30.6 Å². The Kier molecular flexibility index (Phi) is 7.80. The summed E-state index contributed by atoms with van der Waals surface area (Å²) in [5.41, 5.74) is 0.830. The molecular weight excluding hydrogens is 439 g/mol. The van der Waals surface area contributed by atoms with Crippen LogP contribution >= 0.6 is 0 Å². The monoisotopic (exact) mass is 465 g/mol. The summed E-state index contributed by atoms with van der Waals surface area (Å²) in [5.74, 6) is -1.62. The molecule has 1 fully saturated rings. The number of piperazine rings is 1. The normalized spacial score (nSPS) is 17.2. The van der Waals surface area contributed by atoms with E-state index in [1.54, 1.807) is 30.3 Å². The number of nitrogens with one attached hydrogen (secondary N) is 2. The van der Waals surface area contributed by atoms with Crippen LogP contribution in [0.4, 0.5) is 24.5 Å². The molecule has 178 valence electrons. The van der Waals surface area contributed by atoms with Gasteiger partial charge in [0, 0.05) is 31.4 Å². The minimum Gasteiger partial charge on any atom is -0.480 e. The van der Waals surface area contributed by atoms with Gasteiger partial charge in [0.25, 0.3) is 5.91 Å². The molecule has 0 radical (unpaired) electrons. The van der Waals surface area contributed by atoms with Gasteiger partial charge in [0.15, 0.2) is 6.10 Å². The highest BCUT2D eigenvalue weighted by atomic mass is 19.4. The summed E-state index contributed by atoms with van der Waals surface area (Å²) < 4.78 is 49.5. The number of ether oxygens (including phenoxy) is 2. The number of hydrogen-bond acceptors (Lipinski definition) is 6. The fraction of sp³-hybridized carbons (Fsp3) is 0.391. The Morgan fingerprint density at radius 1 is 1.21 bits per heavy atom. The molecule has 1 amide bonds. The highest BCUT2D eigenvalue weighted by Crippen LogP contribution is 2.28. The first-order valence-electron chi connectivity index (χ1n) is 10.5. The average molecular weight is 465 g/mol. The van der Waals surface area contributed by atoms with Gasteiger partial charge < -0.3 is 25.0 Å². The second-order valence-electron chi connectivity index (χ2n) is 7.75. The smallest absolute Gasteiger partial charge is 0.393 e. The van der Waals surface area contributed by atoms with Gasteiger partial charge >= 0.3 is 12.1 Å². The molecule has 0 aromatic heterocycles. The summed E-state index contributed by atoms with van der Waals surface area (Å²) >= 11 is 0. The SMILES string of the molecule is COC(=O)c1cc(N2CCN[C@@H](C)C2)ccc1NC(=O)[C@H](CC(F)(F)F)Oc1ccccc1. The molecule has 0 unspecified atom stereocenters. The number of halogens is 3. The standard InChI is InChI=1S/C23H26F3N3O4/c1-15-14-29(11-10-27-15)16-8-9-19(18(12-16)22(31)32-2)28-21(30)20(13-23(24,25)26)33-17-6-4-3-5-7-17/h3-9,12,15,20,27H,10-11,13-14H2,1-2H3,(H,28,30)/t15-,20-/m0/s1. The predicted molar refractivity (Wildman–Crippen MR) is 118 cm³/mol. The van der Waals surface area contributed by atoms with Gasteiger partial charge in [-0.25, -0.2) is 4.79 Å². The molecular formula is C23H26F3N3O4. The van der Waals surface area contributed by atoms with Gasteiger partial charge in [-0.15, -0.1) is 0 Å². The lowest BCUT2D eigenvalue weighted by atomic mass is 10.1. The molecule has 1 aliphatic heterocycles. The zero-order chi connectivity index (χ0) is 24.0. The zero-order valence-electron chi connectivity index (χ0n) is 18.3. The minimum atomic E-state index is -4.63. The number of para-hydroxylation sites is 1. The maximum absolute atomic E-state index is 13.1. The van der Waals surface area contributed by atoms with Crippen LogP contribution in [0.1, 0.15) is 23.7 Å². The number of esters is 1. The Labute approximate surface area is 189 Å². The van der Waals surface area contributed by atoms with Crippen molar-refractivity contribution in [3.05, 3.63) is 54.1 Å². The molecule has 2 aromatic carbocycles. The number of amides is 1. The summed E-state index contributed by atoms with van der Waals surface area (Å²) in [5, 5.41) is 5.73. The number of carbonyl (C=O) groups is 2. The van der Waals surface area contributed by atoms with Crippen molar-refractivity contribution in [2.24, 2.45) is 0 Å². The third-order valence-corrected chi connectivity index (χ3v) is 5.13. The molecule has 33 heavy (non-hydrogen) atoms. The van der Waals surface area contributed by atoms with Gasteiger partial charge in [0.1, 0.15) is 5.75 Å². The summed E-state index contributed by atoms with van der Waals surface area (Å²) in [6.07, 6.45) is -7.96. The van der Waals surface area contributed by atoms with E-state index in [0.29, 0.717) is 6.54 Å². The van der Waals surface area contributed by atoms with E-state index in [4.69, 9.17) is 9.47 Å². The molecule has 0 spiro atoms. The molecule has 1 heterocycles. The van der Waals surface area contributed by atoms with E-state index in [0.717, 1.165) is 18.8 Å². The van der Waals surface area contributed by atoms with Crippen LogP contribution in [-0.4, -0.2) is 56.9 Å². The van der Waals surface area contributed by atoms with Crippen molar-refractivity contribution < 1.29 is 32.2 Å². The fourth-order valence-corrected chi connectivity index (χ4v) is 3.56. The molecule has 1 saturated heterocycles. The van der Waals surface area contributed by atoms with Crippen molar-refractivity contribution in [2.45, 2.75) is 31.7 Å². The van der Waals surface area contributed by atoms with E-state index in [1.165, 1.54) is 25.3 Å². The first-order chi connectivity index (χ1) is 15.7. The number of alkyl halides is 3. The zero-order valence-corrected chi connectivity index (χ0v) is 18.3. The highest BCUT2D eigenvalue weighted by molar-refractivity contribution is 6.03. The molecule has 0 aliphatic carbocycles. The van der Waals surface area contributed by atoms with E-state index in [1.807, 2.05) is 6.92 Å². The molecule has 2 N–H and O–H groups in total. The first kappa shape index (κ1) is 24.4. The van der Waals surface area contributed by atoms with Gasteiger partial charge in [-0.05, 0) is 37.3 Å². The van der Waals surface area contributed by atoms with E-state index >= 15 is 0 Å². The fourth-order valence-electron chi connectivity index (χ4n) is 3.56. The number of benzene rings is 2. The Bertz CT molecular complexity index is 969. The quantitative estimate of drug-likeness (QED) is 0.609. The van der Waals surface area contributed by atoms with Crippen LogP contribution in [0.2, 0.25) is 0 Å². The predicted octanol–water partition coefficient (Wildman–Crippen LogP) is 3.61. The van der Waals surface area contributed by atoms with Crippen molar-refractivity contribution in [3.8, 4) is 5.75 Å². The summed E-state index contributed by atoms with van der Waals surface area (Å²) in [6, 6.07) is 12.8. The lowest BCUT2D eigenvalue weighted by Gasteiger charge is -2.34.